The van der Waals surface area contributed by atoms with Crippen molar-refractivity contribution in [3.63, 3.8) is 0 Å². The van der Waals surface area contributed by atoms with E-state index in [4.69, 9.17) is 4.74 Å². The highest BCUT2D eigenvalue weighted by molar-refractivity contribution is 5.89. The molecule has 2 amide bonds. The van der Waals surface area contributed by atoms with Crippen LogP contribution in [0.2, 0.25) is 0 Å². The second kappa shape index (κ2) is 6.05. The van der Waals surface area contributed by atoms with E-state index < -0.39 is 0 Å². The van der Waals surface area contributed by atoms with Gasteiger partial charge in [0, 0.05) is 11.7 Å². The molecule has 1 atom stereocenters. The van der Waals surface area contributed by atoms with Gasteiger partial charge in [-0.05, 0) is 25.0 Å². The molecule has 1 aromatic carbocycles. The standard InChI is InChI=1S/C13H16N2O3/c16-12-9-11(7-4-8-18-12)15-13(17)14-10-5-2-1-3-6-10/h1-3,5-6,11H,4,7-9H2,(H2,14,15,17)/t11-/m0/s1. The SMILES string of the molecule is O=C(Nc1ccccc1)N[C@H]1CCCOC(=O)C1. The number of hydrogen-bond donors (Lipinski definition) is 2. The zero-order valence-electron chi connectivity index (χ0n) is 10.0. The number of ether oxygens (including phenoxy) is 1. The summed E-state index contributed by atoms with van der Waals surface area (Å²) in [7, 11) is 0. The molecule has 5 nitrogen and oxygen atoms in total. The number of urea groups is 1. The molecule has 0 spiro atoms. The molecular weight excluding hydrogens is 232 g/mol. The van der Waals surface area contributed by atoms with Gasteiger partial charge in [0.25, 0.3) is 0 Å². The molecule has 0 aromatic heterocycles. The van der Waals surface area contributed by atoms with E-state index in [0.29, 0.717) is 6.61 Å². The Morgan fingerprint density at radius 3 is 2.83 bits per heavy atom. The normalized spacial score (nSPS) is 19.6. The summed E-state index contributed by atoms with van der Waals surface area (Å²) < 4.78 is 4.92. The number of rotatable bonds is 2. The van der Waals surface area contributed by atoms with Gasteiger partial charge in [-0.25, -0.2) is 4.79 Å². The minimum atomic E-state index is -0.291. The smallest absolute Gasteiger partial charge is 0.319 e. The molecule has 1 saturated heterocycles. The van der Waals surface area contributed by atoms with Gasteiger partial charge in [-0.2, -0.15) is 0 Å². The van der Waals surface area contributed by atoms with Crippen molar-refractivity contribution in [3.8, 4) is 0 Å². The first kappa shape index (κ1) is 12.4. The average molecular weight is 248 g/mol. The summed E-state index contributed by atoms with van der Waals surface area (Å²) in [6, 6.07) is 8.74. The van der Waals surface area contributed by atoms with Crippen molar-refractivity contribution in [3.05, 3.63) is 30.3 Å². The van der Waals surface area contributed by atoms with E-state index in [1.807, 2.05) is 18.2 Å². The second-order valence-electron chi connectivity index (χ2n) is 4.23. The Hall–Kier alpha value is -2.04. The van der Waals surface area contributed by atoms with E-state index in [2.05, 4.69) is 10.6 Å². The highest BCUT2D eigenvalue weighted by atomic mass is 16.5. The second-order valence-corrected chi connectivity index (χ2v) is 4.23. The Balaban J connectivity index is 1.85. The van der Waals surface area contributed by atoms with Gasteiger partial charge >= 0.3 is 12.0 Å². The van der Waals surface area contributed by atoms with Crippen LogP contribution in [0.1, 0.15) is 19.3 Å². The number of hydrogen-bond acceptors (Lipinski definition) is 3. The molecule has 0 aliphatic carbocycles. The van der Waals surface area contributed by atoms with Crippen LogP contribution >= 0.6 is 0 Å². The maximum atomic E-state index is 11.7. The van der Waals surface area contributed by atoms with E-state index >= 15 is 0 Å². The van der Waals surface area contributed by atoms with Crippen molar-refractivity contribution in [1.82, 2.24) is 5.32 Å². The Bertz CT molecular complexity index is 420. The molecule has 5 heteroatoms. The average Bonchev–Trinajstić information content (AvgIpc) is 2.54. The van der Waals surface area contributed by atoms with Gasteiger partial charge in [-0.15, -0.1) is 0 Å². The zero-order chi connectivity index (χ0) is 12.8. The molecule has 2 N–H and O–H groups in total. The largest absolute Gasteiger partial charge is 0.466 e. The van der Waals surface area contributed by atoms with Gasteiger partial charge in [0.1, 0.15) is 0 Å². The zero-order valence-corrected chi connectivity index (χ0v) is 10.0. The number of nitrogens with one attached hydrogen (secondary N) is 2. The first-order valence-corrected chi connectivity index (χ1v) is 6.02. The molecule has 2 rings (SSSR count). The molecule has 1 aliphatic rings. The first-order valence-electron chi connectivity index (χ1n) is 6.02. The molecule has 0 unspecified atom stereocenters. The van der Waals surface area contributed by atoms with Crippen molar-refractivity contribution in [2.24, 2.45) is 0 Å². The van der Waals surface area contributed by atoms with Gasteiger partial charge in [0.05, 0.1) is 13.0 Å². The fourth-order valence-electron chi connectivity index (χ4n) is 1.88. The fourth-order valence-corrected chi connectivity index (χ4v) is 1.88. The number of anilines is 1. The summed E-state index contributed by atoms with van der Waals surface area (Å²) in [5.41, 5.74) is 0.728. The fraction of sp³-hybridized carbons (Fsp3) is 0.385. The van der Waals surface area contributed by atoms with Crippen LogP contribution in [0.15, 0.2) is 30.3 Å². The number of esters is 1. The predicted molar refractivity (Wildman–Crippen MR) is 67.2 cm³/mol. The number of carbonyl (C=O) groups excluding carboxylic acids is 2. The molecule has 1 aliphatic heterocycles. The summed E-state index contributed by atoms with van der Waals surface area (Å²) >= 11 is 0. The van der Waals surface area contributed by atoms with Gasteiger partial charge < -0.3 is 15.4 Å². The number of cyclic esters (lactones) is 1. The molecular formula is C13H16N2O3. The molecule has 1 fully saturated rings. The third-order valence-electron chi connectivity index (χ3n) is 2.74. The molecule has 96 valence electrons. The van der Waals surface area contributed by atoms with E-state index in [1.54, 1.807) is 12.1 Å². The van der Waals surface area contributed by atoms with E-state index in [0.717, 1.165) is 18.5 Å². The lowest BCUT2D eigenvalue weighted by Gasteiger charge is -2.15. The van der Waals surface area contributed by atoms with Crippen molar-refractivity contribution >= 4 is 17.7 Å². The highest BCUT2D eigenvalue weighted by Crippen LogP contribution is 2.10. The number of para-hydroxylation sites is 1. The van der Waals surface area contributed by atoms with Crippen LogP contribution in [-0.4, -0.2) is 24.6 Å². The van der Waals surface area contributed by atoms with Crippen molar-refractivity contribution in [2.45, 2.75) is 25.3 Å². The quantitative estimate of drug-likeness (QED) is 0.785. The van der Waals surface area contributed by atoms with Gasteiger partial charge in [-0.3, -0.25) is 4.79 Å². The van der Waals surface area contributed by atoms with Crippen molar-refractivity contribution < 1.29 is 14.3 Å². The third kappa shape index (κ3) is 3.76. The molecule has 1 heterocycles. The number of amides is 2. The first-order chi connectivity index (χ1) is 8.74. The molecule has 0 saturated carbocycles. The van der Waals surface area contributed by atoms with E-state index in [1.165, 1.54) is 0 Å². The molecule has 1 aromatic rings. The lowest BCUT2D eigenvalue weighted by atomic mass is 10.1. The van der Waals surface area contributed by atoms with Crippen LogP contribution in [0.4, 0.5) is 10.5 Å². The minimum Gasteiger partial charge on any atom is -0.466 e. The Morgan fingerprint density at radius 1 is 1.28 bits per heavy atom. The number of carbonyl (C=O) groups is 2. The maximum Gasteiger partial charge on any atom is 0.319 e. The minimum absolute atomic E-state index is 0.149. The topological polar surface area (TPSA) is 67.4 Å². The predicted octanol–water partition coefficient (Wildman–Crippen LogP) is 1.90. The van der Waals surface area contributed by atoms with Gasteiger partial charge in [0.2, 0.25) is 0 Å². The van der Waals surface area contributed by atoms with Crippen LogP contribution in [-0.2, 0) is 9.53 Å². The Kier molecular flexibility index (Phi) is 4.17. The molecule has 0 radical (unpaired) electrons. The van der Waals surface area contributed by atoms with Crippen molar-refractivity contribution in [2.75, 3.05) is 11.9 Å². The maximum absolute atomic E-state index is 11.7. The summed E-state index contributed by atoms with van der Waals surface area (Å²) in [6.07, 6.45) is 1.78. The number of benzene rings is 1. The Labute approximate surface area is 106 Å². The lowest BCUT2D eigenvalue weighted by Crippen LogP contribution is -2.38. The van der Waals surface area contributed by atoms with Crippen LogP contribution in [0, 0.1) is 0 Å². The monoisotopic (exact) mass is 248 g/mol. The summed E-state index contributed by atoms with van der Waals surface area (Å²) in [6.45, 7) is 0.442. The Morgan fingerprint density at radius 2 is 2.06 bits per heavy atom. The molecule has 0 bridgehead atoms. The highest BCUT2D eigenvalue weighted by Gasteiger charge is 2.20. The lowest BCUT2D eigenvalue weighted by molar-refractivity contribution is -0.142. The van der Waals surface area contributed by atoms with E-state index in [9.17, 15) is 9.59 Å². The van der Waals surface area contributed by atoms with Gasteiger partial charge in [0.15, 0.2) is 0 Å². The van der Waals surface area contributed by atoms with Crippen molar-refractivity contribution in [1.29, 1.82) is 0 Å². The molecule has 18 heavy (non-hydrogen) atoms. The summed E-state index contributed by atoms with van der Waals surface area (Å²) in [4.78, 5) is 23.0. The van der Waals surface area contributed by atoms with E-state index in [-0.39, 0.29) is 24.5 Å². The summed E-state index contributed by atoms with van der Waals surface area (Å²) in [5.74, 6) is -0.252. The summed E-state index contributed by atoms with van der Waals surface area (Å²) in [5, 5.41) is 5.51. The van der Waals surface area contributed by atoms with Crippen LogP contribution in [0.5, 0.6) is 0 Å². The van der Waals surface area contributed by atoms with Crippen LogP contribution < -0.4 is 10.6 Å². The van der Waals surface area contributed by atoms with Crippen LogP contribution in [0.3, 0.4) is 0 Å². The third-order valence-corrected chi connectivity index (χ3v) is 2.74. The van der Waals surface area contributed by atoms with Gasteiger partial charge in [-0.1, -0.05) is 18.2 Å². The van der Waals surface area contributed by atoms with Crippen LogP contribution in [0.25, 0.3) is 0 Å².